The highest BCUT2D eigenvalue weighted by Crippen LogP contribution is 2.29. The molecule has 0 aromatic carbocycles. The molecule has 1 fully saturated rings. The number of rotatable bonds is 2. The molecule has 0 amide bonds. The number of aliphatic imine (C=N–C) groups is 1. The van der Waals surface area contributed by atoms with Crippen molar-refractivity contribution in [2.75, 3.05) is 13.7 Å². The summed E-state index contributed by atoms with van der Waals surface area (Å²) in [6, 6.07) is -0.460. The number of hydrogen-bond donors (Lipinski definition) is 2. The first-order chi connectivity index (χ1) is 7.17. The van der Waals surface area contributed by atoms with Crippen LogP contribution in [0.1, 0.15) is 6.92 Å². The van der Waals surface area contributed by atoms with Crippen molar-refractivity contribution in [2.24, 2.45) is 4.99 Å². The summed E-state index contributed by atoms with van der Waals surface area (Å²) in [6.07, 6.45) is -2.58. The molecular formula is C9H15NO5. The summed E-state index contributed by atoms with van der Waals surface area (Å²) in [4.78, 5) is 4.12. The zero-order valence-electron chi connectivity index (χ0n) is 8.66. The standard InChI is InChI=1S/C9H15NO5/c1-4-10-6-7(12)8(13-2)5(3-11)15-9(6)14-4/h5-9,11-12H,3H2,1-2H3. The number of nitrogens with zero attached hydrogens (tertiary/aromatic N) is 1. The summed E-state index contributed by atoms with van der Waals surface area (Å²) < 4.78 is 15.8. The quantitative estimate of drug-likeness (QED) is 0.613. The zero-order chi connectivity index (χ0) is 11.0. The molecule has 0 radical (unpaired) electrons. The highest BCUT2D eigenvalue weighted by molar-refractivity contribution is 5.75. The molecule has 0 saturated carbocycles. The third-order valence-corrected chi connectivity index (χ3v) is 2.71. The Balaban J connectivity index is 2.16. The molecule has 2 heterocycles. The first kappa shape index (κ1) is 10.8. The fraction of sp³-hybridized carbons (Fsp3) is 0.889. The van der Waals surface area contributed by atoms with Crippen LogP contribution in [0.2, 0.25) is 0 Å². The van der Waals surface area contributed by atoms with Gasteiger partial charge in [0.15, 0.2) is 5.90 Å². The number of fused-ring (bicyclic) bond motifs is 1. The van der Waals surface area contributed by atoms with Gasteiger partial charge in [-0.15, -0.1) is 0 Å². The Kier molecular flexibility index (Phi) is 2.92. The van der Waals surface area contributed by atoms with Gasteiger partial charge >= 0.3 is 0 Å². The molecule has 5 unspecified atom stereocenters. The van der Waals surface area contributed by atoms with Gasteiger partial charge in [0.2, 0.25) is 6.29 Å². The van der Waals surface area contributed by atoms with Crippen LogP contribution in [0.5, 0.6) is 0 Å². The van der Waals surface area contributed by atoms with E-state index in [1.807, 2.05) is 0 Å². The highest BCUT2D eigenvalue weighted by Gasteiger charge is 2.49. The molecule has 0 bridgehead atoms. The van der Waals surface area contributed by atoms with Gasteiger partial charge in [-0.2, -0.15) is 0 Å². The number of aliphatic hydroxyl groups excluding tert-OH is 2. The van der Waals surface area contributed by atoms with Crippen LogP contribution in [0, 0.1) is 0 Å². The normalized spacial score (nSPS) is 44.5. The van der Waals surface area contributed by atoms with Gasteiger partial charge in [0.1, 0.15) is 24.4 Å². The summed E-state index contributed by atoms with van der Waals surface area (Å²) in [5.74, 6) is 0.484. The van der Waals surface area contributed by atoms with E-state index in [-0.39, 0.29) is 6.61 Å². The number of methoxy groups -OCH3 is 1. The molecule has 5 atom stereocenters. The molecule has 0 spiro atoms. The summed E-state index contributed by atoms with van der Waals surface area (Å²) >= 11 is 0. The minimum absolute atomic E-state index is 0.221. The lowest BCUT2D eigenvalue weighted by Gasteiger charge is -2.38. The summed E-state index contributed by atoms with van der Waals surface area (Å²) in [5.41, 5.74) is 0. The summed E-state index contributed by atoms with van der Waals surface area (Å²) in [5, 5.41) is 19.0. The largest absolute Gasteiger partial charge is 0.450 e. The second-order valence-electron chi connectivity index (χ2n) is 3.67. The van der Waals surface area contributed by atoms with Crippen LogP contribution in [0.15, 0.2) is 4.99 Å². The Bertz CT molecular complexity index is 269. The molecule has 2 aliphatic rings. The SMILES string of the molecule is COC1C(CO)OC2OC(C)=NC2C1O. The Morgan fingerprint density at radius 1 is 1.53 bits per heavy atom. The second-order valence-corrected chi connectivity index (χ2v) is 3.67. The maximum atomic E-state index is 9.96. The third kappa shape index (κ3) is 1.74. The van der Waals surface area contributed by atoms with E-state index in [4.69, 9.17) is 19.3 Å². The van der Waals surface area contributed by atoms with E-state index in [9.17, 15) is 5.11 Å². The molecule has 0 aromatic heterocycles. The van der Waals surface area contributed by atoms with Crippen LogP contribution in [0.3, 0.4) is 0 Å². The third-order valence-electron chi connectivity index (χ3n) is 2.71. The molecule has 2 rings (SSSR count). The molecule has 1 saturated heterocycles. The predicted molar refractivity (Wildman–Crippen MR) is 50.5 cm³/mol. The van der Waals surface area contributed by atoms with Crippen molar-refractivity contribution < 1.29 is 24.4 Å². The first-order valence-electron chi connectivity index (χ1n) is 4.85. The first-order valence-corrected chi connectivity index (χ1v) is 4.85. The second kappa shape index (κ2) is 4.05. The molecule has 86 valence electrons. The fourth-order valence-corrected chi connectivity index (χ4v) is 1.99. The van der Waals surface area contributed by atoms with E-state index >= 15 is 0 Å². The van der Waals surface area contributed by atoms with Gasteiger partial charge in [-0.3, -0.25) is 0 Å². The monoisotopic (exact) mass is 217 g/mol. The van der Waals surface area contributed by atoms with Crippen molar-refractivity contribution in [1.29, 1.82) is 0 Å². The zero-order valence-corrected chi connectivity index (χ0v) is 8.66. The van der Waals surface area contributed by atoms with Gasteiger partial charge < -0.3 is 24.4 Å². The lowest BCUT2D eigenvalue weighted by atomic mass is 9.98. The molecule has 0 aromatic rings. The van der Waals surface area contributed by atoms with Crippen LogP contribution in [0.4, 0.5) is 0 Å². The smallest absolute Gasteiger partial charge is 0.227 e. The van der Waals surface area contributed by atoms with Crippen molar-refractivity contribution in [3.05, 3.63) is 0 Å². The van der Waals surface area contributed by atoms with Gasteiger partial charge in [0, 0.05) is 14.0 Å². The molecule has 6 heteroatoms. The highest BCUT2D eigenvalue weighted by atomic mass is 16.7. The van der Waals surface area contributed by atoms with Gasteiger partial charge in [-0.1, -0.05) is 0 Å². The van der Waals surface area contributed by atoms with Crippen molar-refractivity contribution in [2.45, 2.75) is 37.6 Å². The Morgan fingerprint density at radius 3 is 2.87 bits per heavy atom. The molecule has 2 aliphatic heterocycles. The molecule has 6 nitrogen and oxygen atoms in total. The minimum atomic E-state index is -0.816. The van der Waals surface area contributed by atoms with Gasteiger partial charge in [0.05, 0.1) is 6.61 Å². The topological polar surface area (TPSA) is 80.5 Å². The van der Waals surface area contributed by atoms with Crippen LogP contribution < -0.4 is 0 Å². The predicted octanol–water partition coefficient (Wildman–Crippen LogP) is -1.10. The van der Waals surface area contributed by atoms with Crippen LogP contribution in [0.25, 0.3) is 0 Å². The van der Waals surface area contributed by atoms with Crippen molar-refractivity contribution >= 4 is 5.90 Å². The maximum Gasteiger partial charge on any atom is 0.227 e. The van der Waals surface area contributed by atoms with E-state index < -0.39 is 30.6 Å². The van der Waals surface area contributed by atoms with Crippen LogP contribution >= 0.6 is 0 Å². The fourth-order valence-electron chi connectivity index (χ4n) is 1.99. The van der Waals surface area contributed by atoms with E-state index in [1.165, 1.54) is 7.11 Å². The Labute approximate surface area is 87.5 Å². The number of aliphatic hydroxyl groups is 2. The minimum Gasteiger partial charge on any atom is -0.450 e. The van der Waals surface area contributed by atoms with E-state index in [0.717, 1.165) is 0 Å². The average molecular weight is 217 g/mol. The number of ether oxygens (including phenoxy) is 3. The Morgan fingerprint density at radius 2 is 2.27 bits per heavy atom. The van der Waals surface area contributed by atoms with Gasteiger partial charge in [-0.25, -0.2) is 4.99 Å². The van der Waals surface area contributed by atoms with Crippen LogP contribution in [-0.4, -0.2) is 60.5 Å². The Hall–Kier alpha value is -0.690. The van der Waals surface area contributed by atoms with E-state index in [0.29, 0.717) is 5.90 Å². The summed E-state index contributed by atoms with van der Waals surface area (Å²) in [7, 11) is 1.46. The van der Waals surface area contributed by atoms with Crippen molar-refractivity contribution in [3.63, 3.8) is 0 Å². The van der Waals surface area contributed by atoms with Crippen molar-refractivity contribution in [1.82, 2.24) is 0 Å². The van der Waals surface area contributed by atoms with Gasteiger partial charge in [-0.05, 0) is 0 Å². The van der Waals surface area contributed by atoms with Crippen LogP contribution in [-0.2, 0) is 14.2 Å². The maximum absolute atomic E-state index is 9.96. The van der Waals surface area contributed by atoms with E-state index in [2.05, 4.69) is 4.99 Å². The molecule has 2 N–H and O–H groups in total. The van der Waals surface area contributed by atoms with Crippen molar-refractivity contribution in [3.8, 4) is 0 Å². The average Bonchev–Trinajstić information content (AvgIpc) is 2.59. The lowest BCUT2D eigenvalue weighted by Crippen LogP contribution is -2.57. The molecule has 0 aliphatic carbocycles. The van der Waals surface area contributed by atoms with Gasteiger partial charge in [0.25, 0.3) is 0 Å². The summed E-state index contributed by atoms with van der Waals surface area (Å²) in [6.45, 7) is 1.48. The molecular weight excluding hydrogens is 202 g/mol. The molecule has 15 heavy (non-hydrogen) atoms. The lowest BCUT2D eigenvalue weighted by molar-refractivity contribution is -0.240. The van der Waals surface area contributed by atoms with E-state index in [1.54, 1.807) is 6.92 Å². The number of hydrogen-bond acceptors (Lipinski definition) is 6.